The summed E-state index contributed by atoms with van der Waals surface area (Å²) in [5.74, 6) is 2.25. The molecular formula is C41H76O5Si2. The molecule has 3 unspecified atom stereocenters. The summed E-state index contributed by atoms with van der Waals surface area (Å²) in [6.45, 7) is 34.4. The smallest absolute Gasteiger partial charge is 0.192 e. The van der Waals surface area contributed by atoms with Gasteiger partial charge in [-0.3, -0.25) is 0 Å². The summed E-state index contributed by atoms with van der Waals surface area (Å²) >= 11 is 0. The summed E-state index contributed by atoms with van der Waals surface area (Å²) in [7, 11) is -2.30. The van der Waals surface area contributed by atoms with Crippen LogP contribution in [0.15, 0.2) is 23.3 Å². The molecule has 1 saturated heterocycles. The topological polar surface area (TPSA) is 49.5 Å². The van der Waals surface area contributed by atoms with Gasteiger partial charge in [-0.2, -0.15) is 0 Å². The minimum Gasteiger partial charge on any atom is -0.410 e. The third kappa shape index (κ3) is 8.83. The molecular weight excluding hydrogens is 629 g/mol. The Hall–Kier alpha value is -0.286. The molecule has 4 fully saturated rings. The summed E-state index contributed by atoms with van der Waals surface area (Å²) in [5.41, 5.74) is 3.18. The zero-order valence-corrected chi connectivity index (χ0v) is 36.1. The molecule has 0 aromatic carbocycles. The van der Waals surface area contributed by atoms with Crippen LogP contribution in [0.2, 0.25) is 36.3 Å². The van der Waals surface area contributed by atoms with Crippen molar-refractivity contribution in [2.75, 3.05) is 20.5 Å². The number of fused-ring (bicyclic) bond motifs is 1. The Bertz CT molecular complexity index is 1110. The van der Waals surface area contributed by atoms with Gasteiger partial charge in [0.15, 0.2) is 16.6 Å². The van der Waals surface area contributed by atoms with Crippen LogP contribution in [0.5, 0.6) is 0 Å². The highest BCUT2D eigenvalue weighted by Crippen LogP contribution is 2.60. The van der Waals surface area contributed by atoms with E-state index in [2.05, 4.69) is 108 Å². The Kier molecular flexibility index (Phi) is 12.3. The van der Waals surface area contributed by atoms with Crippen LogP contribution in [0.3, 0.4) is 0 Å². The lowest BCUT2D eigenvalue weighted by Crippen LogP contribution is -2.57. The molecule has 5 nitrogen and oxygen atoms in total. The molecule has 1 heterocycles. The lowest BCUT2D eigenvalue weighted by atomic mass is 9.60. The summed E-state index contributed by atoms with van der Waals surface area (Å²) in [4.78, 5) is 0. The average Bonchev–Trinajstić information content (AvgIpc) is 3.66. The van der Waals surface area contributed by atoms with Crippen molar-refractivity contribution < 1.29 is 23.1 Å². The highest BCUT2D eigenvalue weighted by Gasteiger charge is 2.63. The lowest BCUT2D eigenvalue weighted by Gasteiger charge is -2.48. The van der Waals surface area contributed by atoms with E-state index in [0.29, 0.717) is 18.1 Å². The van der Waals surface area contributed by atoms with E-state index in [0.717, 1.165) is 37.7 Å². The normalized spacial score (nSPS) is 33.3. The van der Waals surface area contributed by atoms with E-state index in [-0.39, 0.29) is 33.5 Å². The summed E-state index contributed by atoms with van der Waals surface area (Å²) in [6.07, 6.45) is 17.3. The number of hydrogen-bond donors (Lipinski definition) is 0. The van der Waals surface area contributed by atoms with Gasteiger partial charge in [0.2, 0.25) is 0 Å². The minimum atomic E-state index is -2.00. The van der Waals surface area contributed by atoms with Gasteiger partial charge < -0.3 is 23.1 Å². The maximum absolute atomic E-state index is 7.25. The van der Waals surface area contributed by atoms with E-state index in [9.17, 15) is 0 Å². The first kappa shape index (κ1) is 40.5. The van der Waals surface area contributed by atoms with Gasteiger partial charge in [-0.1, -0.05) is 91.5 Å². The number of methoxy groups -OCH3 is 1. The van der Waals surface area contributed by atoms with Crippen molar-refractivity contribution in [3.63, 3.8) is 0 Å². The van der Waals surface area contributed by atoms with Crippen molar-refractivity contribution in [3.8, 4) is 0 Å². The van der Waals surface area contributed by atoms with Crippen LogP contribution in [0.4, 0.5) is 0 Å². The van der Waals surface area contributed by atoms with Crippen LogP contribution in [0.1, 0.15) is 133 Å². The van der Waals surface area contributed by atoms with Gasteiger partial charge in [0.05, 0.1) is 24.4 Å². The molecule has 278 valence electrons. The monoisotopic (exact) mass is 705 g/mol. The first-order chi connectivity index (χ1) is 22.0. The molecule has 1 spiro atoms. The largest absolute Gasteiger partial charge is 0.410 e. The number of hydrogen-bond acceptors (Lipinski definition) is 5. The fourth-order valence-corrected chi connectivity index (χ4v) is 11.5. The molecule has 3 aliphatic carbocycles. The maximum Gasteiger partial charge on any atom is 0.192 e. The molecule has 6 atom stereocenters. The molecule has 0 amide bonds. The van der Waals surface area contributed by atoms with Crippen LogP contribution >= 0.6 is 0 Å². The Morgan fingerprint density at radius 1 is 0.896 bits per heavy atom. The van der Waals surface area contributed by atoms with Crippen molar-refractivity contribution in [3.05, 3.63) is 23.3 Å². The van der Waals surface area contributed by atoms with Crippen molar-refractivity contribution >= 4 is 16.6 Å². The van der Waals surface area contributed by atoms with Crippen LogP contribution in [-0.2, 0) is 23.1 Å². The van der Waals surface area contributed by atoms with E-state index >= 15 is 0 Å². The van der Waals surface area contributed by atoms with Crippen LogP contribution in [0.25, 0.3) is 0 Å². The van der Waals surface area contributed by atoms with Gasteiger partial charge in [-0.25, -0.2) is 0 Å². The molecule has 7 heteroatoms. The quantitative estimate of drug-likeness (QED) is 0.108. The Morgan fingerprint density at radius 2 is 1.46 bits per heavy atom. The maximum atomic E-state index is 7.25. The third-order valence-electron chi connectivity index (χ3n) is 14.2. The second-order valence-corrected chi connectivity index (χ2v) is 29.7. The van der Waals surface area contributed by atoms with E-state index in [1.54, 1.807) is 12.7 Å². The standard InChI is InChI=1S/C41H76O5Si2/c1-30(18-16-24-39(8,9)44-29-42-11)33-22-23-34-32(19-17-25-40(33,34)10)21-20-31-26-35(45-47(12,13)37(2,3)4)41(28-43-41)36(27-31)46-48(14,15)38(5,6)7/h20-21,30,33-36H,16-19,22-29H2,1-15H3/t30-,33?,34?,35-,36-,40?,41?/m1/s1. The molecule has 4 rings (SSSR count). The summed E-state index contributed by atoms with van der Waals surface area (Å²) in [6, 6.07) is 0. The van der Waals surface area contributed by atoms with E-state index < -0.39 is 16.6 Å². The number of ether oxygens (including phenoxy) is 3. The molecule has 4 aliphatic rings. The zero-order chi connectivity index (χ0) is 36.0. The Balaban J connectivity index is 1.53. The van der Waals surface area contributed by atoms with E-state index in [1.165, 1.54) is 50.5 Å². The van der Waals surface area contributed by atoms with Crippen molar-refractivity contribution in [2.45, 2.75) is 193 Å². The fraction of sp³-hybridized carbons (Fsp3) is 0.902. The SMILES string of the molecule is COCOC(C)(C)CCC[C@@H](C)C1CCC2C(=CC=C3C[C@@H](O[Si](C)(C)C(C)(C)C)C4(CO4)[C@H](O[Si](C)(C)C(C)(C)C)C3)CCCC21C. The van der Waals surface area contributed by atoms with Crippen molar-refractivity contribution in [2.24, 2.45) is 23.2 Å². The summed E-state index contributed by atoms with van der Waals surface area (Å²) in [5, 5.41) is 0.303. The minimum absolute atomic E-state index is 0.0600. The number of rotatable bonds is 13. The fourth-order valence-electron chi connectivity index (χ4n) is 8.83. The van der Waals surface area contributed by atoms with Gasteiger partial charge >= 0.3 is 0 Å². The van der Waals surface area contributed by atoms with Gasteiger partial charge in [0, 0.05) is 7.11 Å². The zero-order valence-electron chi connectivity index (χ0n) is 34.1. The molecule has 48 heavy (non-hydrogen) atoms. The second-order valence-electron chi connectivity index (χ2n) is 20.2. The van der Waals surface area contributed by atoms with Gasteiger partial charge in [0.25, 0.3) is 0 Å². The van der Waals surface area contributed by atoms with Crippen molar-refractivity contribution in [1.82, 2.24) is 0 Å². The highest BCUT2D eigenvalue weighted by molar-refractivity contribution is 6.74. The average molecular weight is 705 g/mol. The van der Waals surface area contributed by atoms with Crippen LogP contribution in [-0.4, -0.2) is 60.6 Å². The predicted octanol–water partition coefficient (Wildman–Crippen LogP) is 11.6. The Morgan fingerprint density at radius 3 is 1.96 bits per heavy atom. The highest BCUT2D eigenvalue weighted by atomic mass is 28.4. The second kappa shape index (κ2) is 14.6. The first-order valence-corrected chi connectivity index (χ1v) is 25.3. The summed E-state index contributed by atoms with van der Waals surface area (Å²) < 4.78 is 32.0. The van der Waals surface area contributed by atoms with Crippen molar-refractivity contribution in [1.29, 1.82) is 0 Å². The lowest BCUT2D eigenvalue weighted by molar-refractivity contribution is -0.118. The molecule has 3 saturated carbocycles. The van der Waals surface area contributed by atoms with Gasteiger partial charge in [-0.15, -0.1) is 0 Å². The predicted molar refractivity (Wildman–Crippen MR) is 206 cm³/mol. The Labute approximate surface area is 299 Å². The molecule has 0 aromatic heterocycles. The third-order valence-corrected chi connectivity index (χ3v) is 23.2. The first-order valence-electron chi connectivity index (χ1n) is 19.5. The van der Waals surface area contributed by atoms with Gasteiger partial charge in [0.1, 0.15) is 12.4 Å². The number of allylic oxidation sites excluding steroid dienone is 3. The number of epoxide rings is 1. The van der Waals surface area contributed by atoms with Gasteiger partial charge in [-0.05, 0) is 125 Å². The van der Waals surface area contributed by atoms with Crippen LogP contribution < -0.4 is 0 Å². The molecule has 0 aromatic rings. The van der Waals surface area contributed by atoms with E-state index in [4.69, 9.17) is 23.1 Å². The molecule has 0 radical (unpaired) electrons. The molecule has 0 bridgehead atoms. The molecule has 0 N–H and O–H groups in total. The molecule has 1 aliphatic heterocycles. The van der Waals surface area contributed by atoms with E-state index in [1.807, 2.05) is 0 Å². The van der Waals surface area contributed by atoms with Crippen LogP contribution in [0, 0.1) is 23.2 Å².